The Hall–Kier alpha value is -1.46. The molecule has 0 saturated carbocycles. The van der Waals surface area contributed by atoms with E-state index in [9.17, 15) is 4.79 Å². The molecule has 1 amide bonds. The van der Waals surface area contributed by atoms with Gasteiger partial charge in [-0.15, -0.1) is 11.3 Å². The van der Waals surface area contributed by atoms with E-state index in [1.165, 1.54) is 11.3 Å². The van der Waals surface area contributed by atoms with Gasteiger partial charge in [0.2, 0.25) is 0 Å². The molecule has 0 aliphatic carbocycles. The summed E-state index contributed by atoms with van der Waals surface area (Å²) in [5.74, 6) is 0.365. The number of halogens is 3. The first-order valence-electron chi connectivity index (χ1n) is 6.52. The maximum absolute atomic E-state index is 12.5. The van der Waals surface area contributed by atoms with Gasteiger partial charge < -0.3 is 10.1 Å². The zero-order valence-corrected chi connectivity index (χ0v) is 14.9. The van der Waals surface area contributed by atoms with Crippen molar-refractivity contribution in [2.45, 2.75) is 0 Å². The van der Waals surface area contributed by atoms with Crippen LogP contribution in [0.4, 0.5) is 5.69 Å². The van der Waals surface area contributed by atoms with Gasteiger partial charge in [-0.05, 0) is 36.4 Å². The number of ether oxygens (including phenoxy) is 1. The highest BCUT2D eigenvalue weighted by Gasteiger charge is 2.18. The average Bonchev–Trinajstić information content (AvgIpc) is 2.86. The Labute approximate surface area is 151 Å². The van der Waals surface area contributed by atoms with E-state index >= 15 is 0 Å². The molecule has 0 atom stereocenters. The highest BCUT2D eigenvalue weighted by atomic mass is 35.5. The maximum Gasteiger partial charge on any atom is 0.267 e. The molecular formula is C16H10Cl3NO2S. The zero-order chi connectivity index (χ0) is 16.6. The summed E-state index contributed by atoms with van der Waals surface area (Å²) in [4.78, 5) is 12.9. The molecule has 0 aliphatic rings. The monoisotopic (exact) mass is 385 g/mol. The largest absolute Gasteiger partial charge is 0.497 e. The van der Waals surface area contributed by atoms with Crippen molar-refractivity contribution >= 4 is 67.8 Å². The van der Waals surface area contributed by atoms with E-state index in [2.05, 4.69) is 5.32 Å². The van der Waals surface area contributed by atoms with Crippen molar-refractivity contribution < 1.29 is 9.53 Å². The van der Waals surface area contributed by atoms with E-state index in [4.69, 9.17) is 39.5 Å². The van der Waals surface area contributed by atoms with Gasteiger partial charge in [0.1, 0.15) is 10.6 Å². The summed E-state index contributed by atoms with van der Waals surface area (Å²) in [7, 11) is 1.58. The number of carbonyl (C=O) groups is 1. The molecule has 0 unspecified atom stereocenters. The normalized spacial score (nSPS) is 10.8. The molecule has 0 bridgehead atoms. The summed E-state index contributed by atoms with van der Waals surface area (Å²) in [6, 6.07) is 10.4. The van der Waals surface area contributed by atoms with Crippen LogP contribution in [-0.2, 0) is 0 Å². The molecule has 2 aromatic carbocycles. The highest BCUT2D eigenvalue weighted by molar-refractivity contribution is 7.21. The number of anilines is 1. The van der Waals surface area contributed by atoms with E-state index in [1.807, 2.05) is 12.1 Å². The Kier molecular flexibility index (Phi) is 4.69. The lowest BCUT2D eigenvalue weighted by Gasteiger charge is -2.06. The molecule has 7 heteroatoms. The number of thiophene rings is 1. The van der Waals surface area contributed by atoms with Crippen molar-refractivity contribution in [3.8, 4) is 5.75 Å². The summed E-state index contributed by atoms with van der Waals surface area (Å²) < 4.78 is 6.09. The zero-order valence-electron chi connectivity index (χ0n) is 11.8. The fraction of sp³-hybridized carbons (Fsp3) is 0.0625. The van der Waals surface area contributed by atoms with E-state index in [0.29, 0.717) is 31.4 Å². The minimum absolute atomic E-state index is 0.320. The fourth-order valence-corrected chi connectivity index (χ4v) is 3.93. The van der Waals surface area contributed by atoms with Crippen molar-refractivity contribution in [3.63, 3.8) is 0 Å². The van der Waals surface area contributed by atoms with Crippen LogP contribution < -0.4 is 10.1 Å². The van der Waals surface area contributed by atoms with Gasteiger partial charge in [-0.1, -0.05) is 34.8 Å². The third kappa shape index (κ3) is 3.26. The van der Waals surface area contributed by atoms with Crippen LogP contribution in [0.25, 0.3) is 10.1 Å². The molecule has 118 valence electrons. The van der Waals surface area contributed by atoms with Crippen LogP contribution in [0.1, 0.15) is 9.67 Å². The number of amides is 1. The molecule has 0 saturated heterocycles. The molecule has 0 aliphatic heterocycles. The Morgan fingerprint density at radius 3 is 2.61 bits per heavy atom. The molecule has 23 heavy (non-hydrogen) atoms. The number of rotatable bonds is 3. The second-order valence-corrected chi connectivity index (χ2v) is 6.96. The smallest absolute Gasteiger partial charge is 0.267 e. The van der Waals surface area contributed by atoms with Crippen LogP contribution in [0.2, 0.25) is 15.1 Å². The number of benzene rings is 2. The highest BCUT2D eigenvalue weighted by Crippen LogP contribution is 2.38. The topological polar surface area (TPSA) is 38.3 Å². The number of hydrogen-bond donors (Lipinski definition) is 1. The number of fused-ring (bicyclic) bond motifs is 1. The first-order chi connectivity index (χ1) is 11.0. The van der Waals surface area contributed by atoms with Crippen LogP contribution in [0.5, 0.6) is 5.75 Å². The number of methoxy groups -OCH3 is 1. The van der Waals surface area contributed by atoms with Gasteiger partial charge in [0.15, 0.2) is 0 Å². The summed E-state index contributed by atoms with van der Waals surface area (Å²) in [5.41, 5.74) is 0.479. The van der Waals surface area contributed by atoms with Gasteiger partial charge in [-0.3, -0.25) is 4.79 Å². The molecule has 0 spiro atoms. The minimum atomic E-state index is -0.320. The second kappa shape index (κ2) is 6.57. The number of carbonyl (C=O) groups excluding carboxylic acids is 1. The van der Waals surface area contributed by atoms with E-state index in [0.717, 1.165) is 10.1 Å². The standard InChI is InChI=1S/C16H10Cl3NO2S/c1-22-9-3-5-13-10(7-9)14(19)15(23-13)16(21)20-12-4-2-8(17)6-11(12)18/h2-7H,1H3,(H,20,21). The summed E-state index contributed by atoms with van der Waals surface area (Å²) in [6.07, 6.45) is 0. The molecule has 0 fully saturated rings. The summed E-state index contributed by atoms with van der Waals surface area (Å²) in [6.45, 7) is 0. The third-order valence-corrected chi connectivity index (χ3v) is 5.44. The van der Waals surface area contributed by atoms with Crippen LogP contribution >= 0.6 is 46.1 Å². The van der Waals surface area contributed by atoms with Gasteiger partial charge in [0.05, 0.1) is 22.8 Å². The van der Waals surface area contributed by atoms with Gasteiger partial charge in [-0.25, -0.2) is 0 Å². The van der Waals surface area contributed by atoms with E-state index in [-0.39, 0.29) is 5.91 Å². The predicted octanol–water partition coefficient (Wildman–Crippen LogP) is 6.12. The molecule has 1 aromatic heterocycles. The van der Waals surface area contributed by atoms with E-state index < -0.39 is 0 Å². The first kappa shape index (κ1) is 16.4. The molecule has 0 radical (unpaired) electrons. The third-order valence-electron chi connectivity index (χ3n) is 3.22. The Morgan fingerprint density at radius 1 is 1.13 bits per heavy atom. The van der Waals surface area contributed by atoms with Gasteiger partial charge in [0, 0.05) is 15.1 Å². The van der Waals surface area contributed by atoms with Gasteiger partial charge in [0.25, 0.3) is 5.91 Å². The summed E-state index contributed by atoms with van der Waals surface area (Å²) >= 11 is 19.6. The number of hydrogen-bond acceptors (Lipinski definition) is 3. The molecule has 1 N–H and O–H groups in total. The van der Waals surface area contributed by atoms with Gasteiger partial charge >= 0.3 is 0 Å². The predicted molar refractivity (Wildman–Crippen MR) is 97.8 cm³/mol. The van der Waals surface area contributed by atoms with Crippen molar-refractivity contribution in [1.82, 2.24) is 0 Å². The second-order valence-electron chi connectivity index (χ2n) is 4.69. The van der Waals surface area contributed by atoms with Crippen molar-refractivity contribution in [2.75, 3.05) is 12.4 Å². The Bertz CT molecular complexity index is 908. The van der Waals surface area contributed by atoms with Crippen molar-refractivity contribution in [1.29, 1.82) is 0 Å². The van der Waals surface area contributed by atoms with Crippen molar-refractivity contribution in [2.24, 2.45) is 0 Å². The van der Waals surface area contributed by atoms with E-state index in [1.54, 1.807) is 31.4 Å². The first-order valence-corrected chi connectivity index (χ1v) is 8.47. The molecule has 1 heterocycles. The van der Waals surface area contributed by atoms with Crippen molar-refractivity contribution in [3.05, 3.63) is 56.3 Å². The lowest BCUT2D eigenvalue weighted by atomic mass is 10.2. The van der Waals surface area contributed by atoms with Crippen LogP contribution in [0, 0.1) is 0 Å². The Morgan fingerprint density at radius 2 is 1.91 bits per heavy atom. The lowest BCUT2D eigenvalue weighted by Crippen LogP contribution is -2.10. The minimum Gasteiger partial charge on any atom is -0.497 e. The SMILES string of the molecule is COc1ccc2sc(C(=O)Nc3ccc(Cl)cc3Cl)c(Cl)c2c1. The van der Waals surface area contributed by atoms with Crippen LogP contribution in [0.15, 0.2) is 36.4 Å². The number of nitrogens with one attached hydrogen (secondary N) is 1. The maximum atomic E-state index is 12.5. The quantitative estimate of drug-likeness (QED) is 0.588. The van der Waals surface area contributed by atoms with Crippen LogP contribution in [-0.4, -0.2) is 13.0 Å². The fourth-order valence-electron chi connectivity index (χ4n) is 2.09. The molecular weight excluding hydrogens is 377 g/mol. The summed E-state index contributed by atoms with van der Waals surface area (Å²) in [5, 5.41) is 4.79. The Balaban J connectivity index is 1.96. The molecule has 3 rings (SSSR count). The van der Waals surface area contributed by atoms with Gasteiger partial charge in [-0.2, -0.15) is 0 Å². The molecule has 3 aromatic rings. The average molecular weight is 387 g/mol. The van der Waals surface area contributed by atoms with Crippen LogP contribution in [0.3, 0.4) is 0 Å². The molecule has 3 nitrogen and oxygen atoms in total. The lowest BCUT2D eigenvalue weighted by molar-refractivity contribution is 0.103.